The summed E-state index contributed by atoms with van der Waals surface area (Å²) in [6.07, 6.45) is -1.92. The van der Waals surface area contributed by atoms with E-state index in [1.165, 1.54) is 18.2 Å². The van der Waals surface area contributed by atoms with Crippen LogP contribution >= 0.6 is 0 Å². The summed E-state index contributed by atoms with van der Waals surface area (Å²) in [5.41, 5.74) is -0.848. The Morgan fingerprint density at radius 3 is 2.18 bits per heavy atom. The van der Waals surface area contributed by atoms with Crippen LogP contribution in [0.3, 0.4) is 0 Å². The Hall–Kier alpha value is -2.20. The molecule has 10 heteroatoms. The molecule has 1 saturated carbocycles. The van der Waals surface area contributed by atoms with Crippen molar-refractivity contribution in [3.05, 3.63) is 54.0 Å². The molecule has 1 N–H and O–H groups in total. The largest absolute Gasteiger partial charge is 0.474 e. The maximum Gasteiger partial charge on any atom is 0.417 e. The number of hydrogen-bond donors (Lipinski definition) is 1. The molecule has 0 aliphatic heterocycles. The average molecular weight is 418 g/mol. The van der Waals surface area contributed by atoms with Crippen LogP contribution in [0.4, 0.5) is 17.6 Å². The number of halogens is 4. The summed E-state index contributed by atoms with van der Waals surface area (Å²) in [4.78, 5) is 3.67. The van der Waals surface area contributed by atoms with E-state index in [9.17, 15) is 26.0 Å². The first-order valence-electron chi connectivity index (χ1n) is 8.61. The van der Waals surface area contributed by atoms with Crippen LogP contribution in [-0.2, 0) is 16.2 Å². The number of rotatable bonds is 5. The predicted molar refractivity (Wildman–Crippen MR) is 92.6 cm³/mol. The van der Waals surface area contributed by atoms with Crippen LogP contribution in [0.2, 0.25) is 0 Å². The molecule has 2 aromatic rings. The van der Waals surface area contributed by atoms with Crippen LogP contribution in [-0.4, -0.2) is 25.5 Å². The fourth-order valence-electron chi connectivity index (χ4n) is 2.99. The van der Waals surface area contributed by atoms with Crippen LogP contribution in [0.15, 0.2) is 47.5 Å². The van der Waals surface area contributed by atoms with E-state index in [1.807, 2.05) is 0 Å². The molecule has 0 unspecified atom stereocenters. The number of aromatic nitrogens is 1. The second-order valence-corrected chi connectivity index (χ2v) is 8.26. The van der Waals surface area contributed by atoms with E-state index in [4.69, 9.17) is 4.74 Å². The number of ether oxygens (including phenoxy) is 1. The Kier molecular flexibility index (Phi) is 5.90. The van der Waals surface area contributed by atoms with Crippen molar-refractivity contribution in [1.29, 1.82) is 0 Å². The molecular weight excluding hydrogens is 400 g/mol. The highest BCUT2D eigenvalue weighted by Gasteiger charge is 2.31. The molecule has 1 aliphatic rings. The number of benzene rings is 1. The highest BCUT2D eigenvalue weighted by atomic mass is 32.2. The summed E-state index contributed by atoms with van der Waals surface area (Å²) in [6, 6.07) is 6.34. The fraction of sp³-hybridized carbons (Fsp3) is 0.389. The van der Waals surface area contributed by atoms with Crippen molar-refractivity contribution in [3.63, 3.8) is 0 Å². The lowest BCUT2D eigenvalue weighted by atomic mass is 9.94. The lowest BCUT2D eigenvalue weighted by Gasteiger charge is -2.29. The molecule has 5 nitrogen and oxygen atoms in total. The van der Waals surface area contributed by atoms with Crippen molar-refractivity contribution in [2.24, 2.45) is 0 Å². The second kappa shape index (κ2) is 8.04. The van der Waals surface area contributed by atoms with E-state index >= 15 is 0 Å². The molecule has 3 rings (SSSR count). The quantitative estimate of drug-likeness (QED) is 0.748. The molecule has 152 valence electrons. The second-order valence-electron chi connectivity index (χ2n) is 6.55. The minimum Gasteiger partial charge on any atom is -0.474 e. The van der Waals surface area contributed by atoms with E-state index < -0.39 is 27.6 Å². The van der Waals surface area contributed by atoms with E-state index in [1.54, 1.807) is 0 Å². The number of alkyl halides is 3. The molecule has 1 fully saturated rings. The number of sulfonamides is 1. The third kappa shape index (κ3) is 5.20. The zero-order valence-corrected chi connectivity index (χ0v) is 15.4. The minimum absolute atomic E-state index is 0.0128. The first-order chi connectivity index (χ1) is 13.1. The van der Waals surface area contributed by atoms with Gasteiger partial charge in [-0.2, -0.15) is 13.2 Å². The summed E-state index contributed by atoms with van der Waals surface area (Å²) in [7, 11) is -3.75. The molecule has 1 aromatic heterocycles. The smallest absolute Gasteiger partial charge is 0.417 e. The third-order valence-corrected chi connectivity index (χ3v) is 6.01. The van der Waals surface area contributed by atoms with Gasteiger partial charge in [0.1, 0.15) is 11.9 Å². The molecule has 0 amide bonds. The van der Waals surface area contributed by atoms with E-state index in [-0.39, 0.29) is 22.9 Å². The highest BCUT2D eigenvalue weighted by molar-refractivity contribution is 7.89. The zero-order valence-electron chi connectivity index (χ0n) is 14.6. The topological polar surface area (TPSA) is 68.3 Å². The molecule has 1 aromatic carbocycles. The van der Waals surface area contributed by atoms with Gasteiger partial charge in [0.15, 0.2) is 0 Å². The third-order valence-electron chi connectivity index (χ3n) is 4.47. The molecule has 0 saturated heterocycles. The molecule has 28 heavy (non-hydrogen) atoms. The van der Waals surface area contributed by atoms with Gasteiger partial charge in [0, 0.05) is 18.3 Å². The fourth-order valence-corrected chi connectivity index (χ4v) is 4.29. The van der Waals surface area contributed by atoms with Crippen LogP contribution in [0, 0.1) is 5.82 Å². The van der Waals surface area contributed by atoms with E-state index in [0.717, 1.165) is 24.4 Å². The monoisotopic (exact) mass is 418 g/mol. The molecule has 0 radical (unpaired) electrons. The van der Waals surface area contributed by atoms with Crippen LogP contribution in [0.5, 0.6) is 5.88 Å². The Bertz CT molecular complexity index is 892. The van der Waals surface area contributed by atoms with E-state index in [2.05, 4.69) is 9.71 Å². The molecule has 1 aliphatic carbocycles. The Morgan fingerprint density at radius 1 is 1.00 bits per heavy atom. The number of hydrogen-bond acceptors (Lipinski definition) is 4. The maximum absolute atomic E-state index is 12.9. The molecule has 0 spiro atoms. The summed E-state index contributed by atoms with van der Waals surface area (Å²) in [6.45, 7) is 0. The van der Waals surface area contributed by atoms with Gasteiger partial charge in [-0.1, -0.05) is 0 Å². The summed E-state index contributed by atoms with van der Waals surface area (Å²) in [5, 5.41) is 0. The lowest BCUT2D eigenvalue weighted by molar-refractivity contribution is -0.137. The van der Waals surface area contributed by atoms with Gasteiger partial charge in [0.25, 0.3) is 0 Å². The minimum atomic E-state index is -4.45. The average Bonchev–Trinajstić information content (AvgIpc) is 2.63. The van der Waals surface area contributed by atoms with Gasteiger partial charge < -0.3 is 4.74 Å². The normalized spacial score (nSPS) is 20.7. The lowest BCUT2D eigenvalue weighted by Crippen LogP contribution is -2.39. The Morgan fingerprint density at radius 2 is 1.64 bits per heavy atom. The molecular formula is C18H18F4N2O3S. The first kappa shape index (κ1) is 20.5. The molecule has 0 bridgehead atoms. The Labute approximate surface area is 159 Å². The van der Waals surface area contributed by atoms with Crippen molar-refractivity contribution in [2.75, 3.05) is 0 Å². The number of nitrogens with zero attached hydrogens (tertiary/aromatic N) is 1. The van der Waals surface area contributed by atoms with Gasteiger partial charge in [0.2, 0.25) is 15.9 Å². The van der Waals surface area contributed by atoms with Gasteiger partial charge in [-0.3, -0.25) is 0 Å². The highest BCUT2D eigenvalue weighted by Crippen LogP contribution is 2.30. The van der Waals surface area contributed by atoms with Crippen molar-refractivity contribution < 1.29 is 30.7 Å². The van der Waals surface area contributed by atoms with Gasteiger partial charge in [-0.25, -0.2) is 22.5 Å². The van der Waals surface area contributed by atoms with Crippen molar-refractivity contribution in [1.82, 2.24) is 9.71 Å². The summed E-state index contributed by atoms with van der Waals surface area (Å²) < 4.78 is 83.4. The first-order valence-corrected chi connectivity index (χ1v) is 10.1. The van der Waals surface area contributed by atoms with Gasteiger partial charge in [-0.05, 0) is 56.0 Å². The van der Waals surface area contributed by atoms with Crippen molar-refractivity contribution >= 4 is 10.0 Å². The SMILES string of the molecule is O=S(=O)(NC1CCC(Oc2ccc(C(F)(F)F)cn2)CC1)c1ccc(F)cc1. The van der Waals surface area contributed by atoms with E-state index in [0.29, 0.717) is 25.7 Å². The van der Waals surface area contributed by atoms with Gasteiger partial charge in [0.05, 0.1) is 10.5 Å². The van der Waals surface area contributed by atoms with Gasteiger partial charge >= 0.3 is 6.18 Å². The predicted octanol–water partition coefficient (Wildman–Crippen LogP) is 3.91. The van der Waals surface area contributed by atoms with Crippen molar-refractivity contribution in [3.8, 4) is 5.88 Å². The standard InChI is InChI=1S/C18H18F4N2O3S/c19-13-2-8-16(9-3-13)28(25,26)24-14-4-6-15(7-5-14)27-17-10-1-12(11-23-17)18(20,21)22/h1-3,8-11,14-15,24H,4-7H2. The van der Waals surface area contributed by atoms with Crippen LogP contribution in [0.25, 0.3) is 0 Å². The van der Waals surface area contributed by atoms with Crippen LogP contribution in [0.1, 0.15) is 31.2 Å². The Balaban J connectivity index is 1.52. The molecule has 1 heterocycles. The molecule has 0 atom stereocenters. The number of nitrogens with one attached hydrogen (secondary N) is 1. The number of pyridine rings is 1. The van der Waals surface area contributed by atoms with Crippen molar-refractivity contribution in [2.45, 2.75) is 48.9 Å². The van der Waals surface area contributed by atoms with Gasteiger partial charge in [-0.15, -0.1) is 0 Å². The zero-order chi connectivity index (χ0) is 20.4. The summed E-state index contributed by atoms with van der Waals surface area (Å²) in [5.74, 6) is -0.420. The summed E-state index contributed by atoms with van der Waals surface area (Å²) >= 11 is 0. The van der Waals surface area contributed by atoms with Crippen LogP contribution < -0.4 is 9.46 Å². The maximum atomic E-state index is 12.9.